The number of rotatable bonds is 7. The summed E-state index contributed by atoms with van der Waals surface area (Å²) < 4.78 is 27.2. The van der Waals surface area contributed by atoms with E-state index in [-0.39, 0.29) is 21.9 Å². The number of likely N-dealkylation sites (N-methyl/N-ethyl adjacent to an activating group) is 1. The Morgan fingerprint density at radius 2 is 1.90 bits per heavy atom. The molecule has 0 bridgehead atoms. The minimum absolute atomic E-state index is 0.0711. The van der Waals surface area contributed by atoms with E-state index in [1.54, 1.807) is 12.1 Å². The summed E-state index contributed by atoms with van der Waals surface area (Å²) in [4.78, 5) is 0.147. The quantitative estimate of drug-likeness (QED) is 0.812. The van der Waals surface area contributed by atoms with Crippen LogP contribution in [-0.2, 0) is 10.0 Å². The Morgan fingerprint density at radius 1 is 1.25 bits per heavy atom. The maximum atomic E-state index is 12.3. The number of hydrogen-bond donors (Lipinski definition) is 2. The van der Waals surface area contributed by atoms with E-state index in [1.165, 1.54) is 0 Å². The molecule has 4 nitrogen and oxygen atoms in total. The Labute approximate surface area is 127 Å². The molecule has 1 atom stereocenters. The van der Waals surface area contributed by atoms with Crippen molar-refractivity contribution in [2.24, 2.45) is 0 Å². The Balaban J connectivity index is 2.94. The van der Waals surface area contributed by atoms with Crippen LogP contribution in [0.15, 0.2) is 23.1 Å². The molecule has 20 heavy (non-hydrogen) atoms. The Hall–Kier alpha value is -0.620. The Bertz CT molecular complexity index is 544. The van der Waals surface area contributed by atoms with Crippen LogP contribution in [0, 0.1) is 0 Å². The van der Waals surface area contributed by atoms with Crippen LogP contribution in [0.1, 0.15) is 39.2 Å². The van der Waals surface area contributed by atoms with Gasteiger partial charge in [-0.05, 0) is 37.1 Å². The van der Waals surface area contributed by atoms with Crippen molar-refractivity contribution >= 4 is 21.6 Å². The van der Waals surface area contributed by atoms with Crippen molar-refractivity contribution in [3.05, 3.63) is 28.8 Å². The highest BCUT2D eigenvalue weighted by Crippen LogP contribution is 2.25. The molecule has 0 saturated heterocycles. The van der Waals surface area contributed by atoms with Gasteiger partial charge >= 0.3 is 0 Å². The van der Waals surface area contributed by atoms with Gasteiger partial charge in [0.1, 0.15) is 4.90 Å². The molecule has 0 aliphatic heterocycles. The van der Waals surface area contributed by atoms with E-state index < -0.39 is 10.0 Å². The molecular weight excluding hydrogens is 296 g/mol. The maximum Gasteiger partial charge on any atom is 0.242 e. The third-order valence-corrected chi connectivity index (χ3v) is 4.95. The summed E-state index contributed by atoms with van der Waals surface area (Å²) in [5.41, 5.74) is 0.953. The van der Waals surface area contributed by atoms with E-state index in [0.717, 1.165) is 12.1 Å². The number of sulfonamides is 1. The SMILES string of the molecule is CCN[C@H](C)CNS(=O)(=O)c1cc(C(C)C)ccc1Cl. The average molecular weight is 319 g/mol. The summed E-state index contributed by atoms with van der Waals surface area (Å²) in [5, 5.41) is 3.40. The minimum atomic E-state index is -3.58. The van der Waals surface area contributed by atoms with Crippen LogP contribution in [0.4, 0.5) is 0 Å². The van der Waals surface area contributed by atoms with Crippen LogP contribution < -0.4 is 10.0 Å². The molecule has 0 unspecified atom stereocenters. The van der Waals surface area contributed by atoms with E-state index >= 15 is 0 Å². The number of nitrogens with one attached hydrogen (secondary N) is 2. The van der Waals surface area contributed by atoms with Crippen LogP contribution >= 0.6 is 11.6 Å². The first-order valence-corrected chi connectivity index (χ1v) is 8.66. The molecule has 1 aromatic carbocycles. The van der Waals surface area contributed by atoms with Gasteiger partial charge < -0.3 is 5.32 Å². The number of halogens is 1. The Kier molecular flexibility index (Phi) is 6.45. The summed E-state index contributed by atoms with van der Waals surface area (Å²) in [5.74, 6) is 0.252. The van der Waals surface area contributed by atoms with Crippen molar-refractivity contribution in [2.75, 3.05) is 13.1 Å². The molecule has 1 rings (SSSR count). The molecule has 0 saturated carbocycles. The molecule has 2 N–H and O–H groups in total. The van der Waals surface area contributed by atoms with Crippen molar-refractivity contribution < 1.29 is 8.42 Å². The highest BCUT2D eigenvalue weighted by molar-refractivity contribution is 7.89. The third kappa shape index (κ3) is 4.74. The fourth-order valence-corrected chi connectivity index (χ4v) is 3.48. The molecular formula is C14H23ClN2O2S. The highest BCUT2D eigenvalue weighted by Gasteiger charge is 2.19. The molecule has 0 heterocycles. The van der Waals surface area contributed by atoms with Crippen LogP contribution in [0.5, 0.6) is 0 Å². The second-order valence-electron chi connectivity index (χ2n) is 5.16. The molecule has 114 valence electrons. The van der Waals surface area contributed by atoms with E-state index in [1.807, 2.05) is 33.8 Å². The lowest BCUT2D eigenvalue weighted by Crippen LogP contribution is -2.38. The van der Waals surface area contributed by atoms with Gasteiger partial charge in [0.25, 0.3) is 0 Å². The van der Waals surface area contributed by atoms with Crippen LogP contribution in [0.3, 0.4) is 0 Å². The van der Waals surface area contributed by atoms with Crippen LogP contribution in [0.25, 0.3) is 0 Å². The van der Waals surface area contributed by atoms with Crippen molar-refractivity contribution in [1.82, 2.24) is 10.0 Å². The first kappa shape index (κ1) is 17.4. The van der Waals surface area contributed by atoms with Gasteiger partial charge in [-0.2, -0.15) is 0 Å². The summed E-state index contributed by atoms with van der Waals surface area (Å²) >= 11 is 6.03. The molecule has 0 radical (unpaired) electrons. The first-order valence-electron chi connectivity index (χ1n) is 6.80. The Morgan fingerprint density at radius 3 is 2.45 bits per heavy atom. The van der Waals surface area contributed by atoms with Crippen molar-refractivity contribution in [2.45, 2.75) is 44.6 Å². The molecule has 0 aliphatic rings. The second kappa shape index (κ2) is 7.41. The smallest absolute Gasteiger partial charge is 0.242 e. The largest absolute Gasteiger partial charge is 0.313 e. The lowest BCUT2D eigenvalue weighted by atomic mass is 10.0. The fraction of sp³-hybridized carbons (Fsp3) is 0.571. The average Bonchev–Trinajstić information content (AvgIpc) is 2.37. The topological polar surface area (TPSA) is 58.2 Å². The van der Waals surface area contributed by atoms with Gasteiger partial charge in [0, 0.05) is 12.6 Å². The molecule has 0 amide bonds. The molecule has 6 heteroatoms. The minimum Gasteiger partial charge on any atom is -0.313 e. The molecule has 1 aromatic rings. The summed E-state index contributed by atoms with van der Waals surface area (Å²) in [6, 6.07) is 5.21. The van der Waals surface area contributed by atoms with Crippen molar-refractivity contribution in [3.63, 3.8) is 0 Å². The predicted molar refractivity (Wildman–Crippen MR) is 83.9 cm³/mol. The molecule has 0 spiro atoms. The number of benzene rings is 1. The van der Waals surface area contributed by atoms with Gasteiger partial charge in [-0.25, -0.2) is 13.1 Å². The maximum absolute atomic E-state index is 12.3. The second-order valence-corrected chi connectivity index (χ2v) is 7.30. The molecule has 0 fully saturated rings. The van der Waals surface area contributed by atoms with Crippen LogP contribution in [0.2, 0.25) is 5.02 Å². The van der Waals surface area contributed by atoms with Crippen LogP contribution in [-0.4, -0.2) is 27.5 Å². The van der Waals surface area contributed by atoms with E-state index in [2.05, 4.69) is 10.0 Å². The van der Waals surface area contributed by atoms with Gasteiger partial charge in [-0.3, -0.25) is 0 Å². The normalized spacial score (nSPS) is 13.7. The van der Waals surface area contributed by atoms with E-state index in [9.17, 15) is 8.42 Å². The van der Waals surface area contributed by atoms with Crippen molar-refractivity contribution in [1.29, 1.82) is 0 Å². The van der Waals surface area contributed by atoms with Gasteiger partial charge in [0.2, 0.25) is 10.0 Å². The highest BCUT2D eigenvalue weighted by atomic mass is 35.5. The lowest BCUT2D eigenvalue weighted by molar-refractivity contribution is 0.536. The third-order valence-electron chi connectivity index (χ3n) is 3.04. The van der Waals surface area contributed by atoms with Gasteiger partial charge in [-0.1, -0.05) is 38.4 Å². The first-order chi connectivity index (χ1) is 9.27. The lowest BCUT2D eigenvalue weighted by Gasteiger charge is -2.15. The summed E-state index contributed by atoms with van der Waals surface area (Å²) in [7, 11) is -3.58. The predicted octanol–water partition coefficient (Wildman–Crippen LogP) is 2.74. The number of hydrogen-bond acceptors (Lipinski definition) is 3. The molecule has 0 aromatic heterocycles. The van der Waals surface area contributed by atoms with Gasteiger partial charge in [-0.15, -0.1) is 0 Å². The summed E-state index contributed by atoms with van der Waals surface area (Å²) in [6.07, 6.45) is 0. The van der Waals surface area contributed by atoms with E-state index in [0.29, 0.717) is 6.54 Å². The monoisotopic (exact) mass is 318 g/mol. The zero-order valence-electron chi connectivity index (χ0n) is 12.4. The molecule has 0 aliphatic carbocycles. The zero-order chi connectivity index (χ0) is 15.3. The standard InChI is InChI=1S/C14H23ClN2O2S/c1-5-16-11(4)9-17-20(18,19)14-8-12(10(2)3)6-7-13(14)15/h6-8,10-11,16-17H,5,9H2,1-4H3/t11-/m1/s1. The van der Waals surface area contributed by atoms with Gasteiger partial charge in [0.15, 0.2) is 0 Å². The van der Waals surface area contributed by atoms with E-state index in [4.69, 9.17) is 11.6 Å². The van der Waals surface area contributed by atoms with Gasteiger partial charge in [0.05, 0.1) is 5.02 Å². The zero-order valence-corrected chi connectivity index (χ0v) is 14.0. The van der Waals surface area contributed by atoms with Crippen molar-refractivity contribution in [3.8, 4) is 0 Å². The fourth-order valence-electron chi connectivity index (χ4n) is 1.82. The summed E-state index contributed by atoms with van der Waals surface area (Å²) in [6.45, 7) is 9.07.